The van der Waals surface area contributed by atoms with Crippen molar-refractivity contribution >= 4 is 11.6 Å². The molecule has 0 fully saturated rings. The van der Waals surface area contributed by atoms with Crippen molar-refractivity contribution in [2.24, 2.45) is 0 Å². The number of nitrogens with one attached hydrogen (secondary N) is 1. The molecular weight excluding hydrogens is 324 g/mol. The summed E-state index contributed by atoms with van der Waals surface area (Å²) in [5.74, 6) is 0.965. The highest BCUT2D eigenvalue weighted by molar-refractivity contribution is 5.72. The maximum absolute atomic E-state index is 11.0. The van der Waals surface area contributed by atoms with E-state index < -0.39 is 0 Å². The zero-order chi connectivity index (χ0) is 18.2. The lowest BCUT2D eigenvalue weighted by molar-refractivity contribution is -0.118. The number of unbranched alkanes of at least 4 members (excludes halogenated alkanes) is 1. The molecule has 0 radical (unpaired) electrons. The van der Waals surface area contributed by atoms with Crippen molar-refractivity contribution in [3.05, 3.63) is 59.7 Å². The van der Waals surface area contributed by atoms with E-state index in [1.807, 2.05) is 0 Å². The number of hydrogen-bond acceptors (Lipinski definition) is 3. The van der Waals surface area contributed by atoms with E-state index in [9.17, 15) is 4.79 Å². The third kappa shape index (κ3) is 5.25. The minimum Gasteiger partial charge on any atom is -0.494 e. The summed E-state index contributed by atoms with van der Waals surface area (Å²) in [6.45, 7) is 4.83. The normalized spacial score (nSPS) is 12.7. The quantitative estimate of drug-likeness (QED) is 0.701. The van der Waals surface area contributed by atoms with Crippen LogP contribution in [0.15, 0.2) is 48.5 Å². The minimum atomic E-state index is 0.0250. The first-order valence-corrected chi connectivity index (χ1v) is 9.51. The Kier molecular flexibility index (Phi) is 6.53. The SMILES string of the molecule is CC(=O)NCCN1CCc2ccc(OCCCCc3ccccc3)cc21. The van der Waals surface area contributed by atoms with Crippen LogP contribution in [0.25, 0.3) is 0 Å². The molecule has 0 aliphatic carbocycles. The number of nitrogens with zero attached hydrogens (tertiary/aromatic N) is 1. The number of hydrogen-bond donors (Lipinski definition) is 1. The van der Waals surface area contributed by atoms with Crippen LogP contribution < -0.4 is 15.0 Å². The van der Waals surface area contributed by atoms with E-state index in [1.165, 1.54) is 16.8 Å². The molecule has 138 valence electrons. The van der Waals surface area contributed by atoms with E-state index >= 15 is 0 Å². The van der Waals surface area contributed by atoms with Crippen LogP contribution in [-0.4, -0.2) is 32.1 Å². The largest absolute Gasteiger partial charge is 0.494 e. The number of anilines is 1. The zero-order valence-corrected chi connectivity index (χ0v) is 15.5. The summed E-state index contributed by atoms with van der Waals surface area (Å²) in [4.78, 5) is 13.4. The van der Waals surface area contributed by atoms with Gasteiger partial charge in [0.15, 0.2) is 0 Å². The molecule has 26 heavy (non-hydrogen) atoms. The van der Waals surface area contributed by atoms with Crippen molar-refractivity contribution in [3.8, 4) is 5.75 Å². The summed E-state index contributed by atoms with van der Waals surface area (Å²) in [6, 6.07) is 17.0. The summed E-state index contributed by atoms with van der Waals surface area (Å²) in [7, 11) is 0. The molecule has 2 aromatic carbocycles. The molecule has 0 saturated carbocycles. The van der Waals surface area contributed by atoms with Crippen molar-refractivity contribution in [2.75, 3.05) is 31.1 Å². The second-order valence-electron chi connectivity index (χ2n) is 6.80. The van der Waals surface area contributed by atoms with Crippen LogP contribution in [0.4, 0.5) is 5.69 Å². The molecule has 0 bridgehead atoms. The van der Waals surface area contributed by atoms with Gasteiger partial charge < -0.3 is 15.0 Å². The highest BCUT2D eigenvalue weighted by atomic mass is 16.5. The van der Waals surface area contributed by atoms with Gasteiger partial charge in [-0.25, -0.2) is 0 Å². The van der Waals surface area contributed by atoms with Crippen LogP contribution in [0, 0.1) is 0 Å². The Morgan fingerprint density at radius 1 is 1.15 bits per heavy atom. The third-order valence-corrected chi connectivity index (χ3v) is 4.78. The van der Waals surface area contributed by atoms with Gasteiger partial charge in [0.25, 0.3) is 0 Å². The van der Waals surface area contributed by atoms with E-state index in [0.717, 1.165) is 51.1 Å². The molecule has 0 aromatic heterocycles. The van der Waals surface area contributed by atoms with Crippen LogP contribution >= 0.6 is 0 Å². The van der Waals surface area contributed by atoms with E-state index in [-0.39, 0.29) is 5.91 Å². The highest BCUT2D eigenvalue weighted by Crippen LogP contribution is 2.31. The number of carbonyl (C=O) groups excluding carboxylic acids is 1. The maximum Gasteiger partial charge on any atom is 0.216 e. The Morgan fingerprint density at radius 3 is 2.81 bits per heavy atom. The fourth-order valence-corrected chi connectivity index (χ4v) is 3.38. The molecule has 4 nitrogen and oxygen atoms in total. The van der Waals surface area contributed by atoms with Crippen LogP contribution in [0.5, 0.6) is 5.75 Å². The highest BCUT2D eigenvalue weighted by Gasteiger charge is 2.19. The molecule has 0 spiro atoms. The predicted octanol–water partition coefficient (Wildman–Crippen LogP) is 3.59. The first-order valence-electron chi connectivity index (χ1n) is 9.51. The Labute approximate surface area is 156 Å². The van der Waals surface area contributed by atoms with Crippen molar-refractivity contribution in [3.63, 3.8) is 0 Å². The second-order valence-corrected chi connectivity index (χ2v) is 6.80. The molecule has 1 N–H and O–H groups in total. The fraction of sp³-hybridized carbons (Fsp3) is 0.409. The van der Waals surface area contributed by atoms with Gasteiger partial charge in [-0.1, -0.05) is 36.4 Å². The van der Waals surface area contributed by atoms with Gasteiger partial charge in [0.05, 0.1) is 6.61 Å². The third-order valence-electron chi connectivity index (χ3n) is 4.78. The van der Waals surface area contributed by atoms with Gasteiger partial charge in [0, 0.05) is 38.3 Å². The Hall–Kier alpha value is -2.49. The number of rotatable bonds is 9. The summed E-state index contributed by atoms with van der Waals surface area (Å²) < 4.78 is 5.96. The maximum atomic E-state index is 11.0. The summed E-state index contributed by atoms with van der Waals surface area (Å²) in [6.07, 6.45) is 4.36. The first-order chi connectivity index (χ1) is 12.7. The number of benzene rings is 2. The Balaban J connectivity index is 1.44. The summed E-state index contributed by atoms with van der Waals surface area (Å²) >= 11 is 0. The van der Waals surface area contributed by atoms with Gasteiger partial charge in [-0.05, 0) is 42.9 Å². The average Bonchev–Trinajstić information content (AvgIpc) is 3.04. The van der Waals surface area contributed by atoms with Crippen LogP contribution in [0.3, 0.4) is 0 Å². The van der Waals surface area contributed by atoms with Gasteiger partial charge in [0.1, 0.15) is 5.75 Å². The topological polar surface area (TPSA) is 41.6 Å². The lowest BCUT2D eigenvalue weighted by atomic mass is 10.1. The number of aryl methyl sites for hydroxylation is 1. The van der Waals surface area contributed by atoms with E-state index in [4.69, 9.17) is 4.74 Å². The average molecular weight is 352 g/mol. The van der Waals surface area contributed by atoms with E-state index in [2.05, 4.69) is 58.7 Å². The molecule has 1 amide bonds. The fourth-order valence-electron chi connectivity index (χ4n) is 3.38. The van der Waals surface area contributed by atoms with E-state index in [0.29, 0.717) is 6.54 Å². The standard InChI is InChI=1S/C22H28N2O2/c1-18(25)23-13-15-24-14-12-20-10-11-21(17-22(20)24)26-16-6-5-9-19-7-3-2-4-8-19/h2-4,7-8,10-11,17H,5-6,9,12-16H2,1H3,(H,23,25). The van der Waals surface area contributed by atoms with Gasteiger partial charge in [0.2, 0.25) is 5.91 Å². The monoisotopic (exact) mass is 352 g/mol. The van der Waals surface area contributed by atoms with Crippen LogP contribution in [0.1, 0.15) is 30.9 Å². The molecule has 0 atom stereocenters. The Bertz CT molecular complexity index is 715. The zero-order valence-electron chi connectivity index (χ0n) is 15.5. The van der Waals surface area contributed by atoms with Gasteiger partial charge >= 0.3 is 0 Å². The second kappa shape index (κ2) is 9.27. The predicted molar refractivity (Wildman–Crippen MR) is 106 cm³/mol. The number of ether oxygens (including phenoxy) is 1. The van der Waals surface area contributed by atoms with Crippen LogP contribution in [-0.2, 0) is 17.6 Å². The molecular formula is C22H28N2O2. The van der Waals surface area contributed by atoms with Gasteiger partial charge in [-0.3, -0.25) is 4.79 Å². The van der Waals surface area contributed by atoms with Crippen molar-refractivity contribution < 1.29 is 9.53 Å². The molecule has 1 aliphatic rings. The molecule has 3 rings (SSSR count). The lowest BCUT2D eigenvalue weighted by Crippen LogP contribution is -2.32. The molecule has 2 aromatic rings. The summed E-state index contributed by atoms with van der Waals surface area (Å²) in [5.41, 5.74) is 4.00. The molecule has 1 aliphatic heterocycles. The smallest absolute Gasteiger partial charge is 0.216 e. The summed E-state index contributed by atoms with van der Waals surface area (Å²) in [5, 5.41) is 2.87. The first kappa shape index (κ1) is 18.3. The number of amides is 1. The van der Waals surface area contributed by atoms with Gasteiger partial charge in [-0.2, -0.15) is 0 Å². The lowest BCUT2D eigenvalue weighted by Gasteiger charge is -2.20. The molecule has 0 unspecified atom stereocenters. The number of fused-ring (bicyclic) bond motifs is 1. The Morgan fingerprint density at radius 2 is 2.00 bits per heavy atom. The van der Waals surface area contributed by atoms with Crippen LogP contribution in [0.2, 0.25) is 0 Å². The van der Waals surface area contributed by atoms with Crippen molar-refractivity contribution in [1.29, 1.82) is 0 Å². The minimum absolute atomic E-state index is 0.0250. The number of carbonyl (C=O) groups is 1. The van der Waals surface area contributed by atoms with E-state index in [1.54, 1.807) is 6.92 Å². The molecule has 0 saturated heterocycles. The molecule has 1 heterocycles. The molecule has 4 heteroatoms. The van der Waals surface area contributed by atoms with Gasteiger partial charge in [-0.15, -0.1) is 0 Å². The van der Waals surface area contributed by atoms with Crippen molar-refractivity contribution in [2.45, 2.75) is 32.6 Å². The van der Waals surface area contributed by atoms with Crippen molar-refractivity contribution in [1.82, 2.24) is 5.32 Å².